The smallest absolute Gasteiger partial charge is 0.327 e. The number of nitrogens with two attached hydrogens (primary N) is 1. The minimum Gasteiger partial charge on any atom is -0.459 e. The maximum atomic E-state index is 12.5. The molecule has 0 aliphatic heterocycles. The Balaban J connectivity index is 2.56. The number of hydrogen-bond donors (Lipinski definition) is 1. The summed E-state index contributed by atoms with van der Waals surface area (Å²) in [5.74, 6) is -3.55. The Morgan fingerprint density at radius 1 is 1.36 bits per heavy atom. The lowest BCUT2D eigenvalue weighted by atomic mass is 9.74. The van der Waals surface area contributed by atoms with Gasteiger partial charge >= 0.3 is 5.97 Å². The molecule has 3 nitrogen and oxygen atoms in total. The highest BCUT2D eigenvalue weighted by molar-refractivity contribution is 5.82. The van der Waals surface area contributed by atoms with E-state index in [1.54, 1.807) is 20.8 Å². The highest BCUT2D eigenvalue weighted by Gasteiger charge is 2.60. The molecule has 1 aliphatic carbocycles. The van der Waals surface area contributed by atoms with Crippen molar-refractivity contribution in [2.75, 3.05) is 0 Å². The maximum absolute atomic E-state index is 12.5. The summed E-state index contributed by atoms with van der Waals surface area (Å²) in [6.07, 6.45) is -1.23. The first kappa shape index (κ1) is 11.4. The monoisotopic (exact) mass is 207 g/mol. The van der Waals surface area contributed by atoms with Crippen molar-refractivity contribution in [2.45, 2.75) is 50.7 Å². The van der Waals surface area contributed by atoms with Crippen molar-refractivity contribution in [2.24, 2.45) is 5.73 Å². The molecule has 0 bridgehead atoms. The van der Waals surface area contributed by atoms with Crippen LogP contribution in [0, 0.1) is 0 Å². The Bertz CT molecular complexity index is 250. The Labute approximate surface area is 81.6 Å². The van der Waals surface area contributed by atoms with Crippen LogP contribution in [0.2, 0.25) is 0 Å². The van der Waals surface area contributed by atoms with Crippen LogP contribution in [0.3, 0.4) is 0 Å². The molecule has 1 aliphatic rings. The molecular weight excluding hydrogens is 192 g/mol. The summed E-state index contributed by atoms with van der Waals surface area (Å²) in [7, 11) is 0. The normalized spacial score (nSPS) is 23.9. The standard InChI is InChI=1S/C9H15F2NO2/c1-7(2,3)14-6(13)8(12)4-9(10,11)5-8/h4-5,12H2,1-3H3. The summed E-state index contributed by atoms with van der Waals surface area (Å²) in [6, 6.07) is 0. The summed E-state index contributed by atoms with van der Waals surface area (Å²) in [5, 5.41) is 0. The van der Waals surface area contributed by atoms with Crippen LogP contribution in [0.1, 0.15) is 33.6 Å². The van der Waals surface area contributed by atoms with Gasteiger partial charge < -0.3 is 10.5 Å². The minimum atomic E-state index is -2.81. The van der Waals surface area contributed by atoms with Crippen LogP contribution in [0.25, 0.3) is 0 Å². The van der Waals surface area contributed by atoms with Gasteiger partial charge in [0.1, 0.15) is 11.1 Å². The Morgan fingerprint density at radius 3 is 2.07 bits per heavy atom. The van der Waals surface area contributed by atoms with Crippen molar-refractivity contribution in [3.05, 3.63) is 0 Å². The fourth-order valence-electron chi connectivity index (χ4n) is 1.40. The lowest BCUT2D eigenvalue weighted by Gasteiger charge is -2.43. The molecule has 0 aromatic carbocycles. The number of esters is 1. The third kappa shape index (κ3) is 2.41. The number of ether oxygens (including phenoxy) is 1. The van der Waals surface area contributed by atoms with E-state index in [4.69, 9.17) is 10.5 Å². The first-order valence-electron chi connectivity index (χ1n) is 4.44. The number of rotatable bonds is 1. The number of halogens is 2. The summed E-state index contributed by atoms with van der Waals surface area (Å²) in [6.45, 7) is 5.02. The van der Waals surface area contributed by atoms with Gasteiger partial charge in [0.25, 0.3) is 5.92 Å². The molecule has 0 saturated heterocycles. The van der Waals surface area contributed by atoms with E-state index >= 15 is 0 Å². The van der Waals surface area contributed by atoms with E-state index in [1.165, 1.54) is 0 Å². The van der Waals surface area contributed by atoms with E-state index in [0.717, 1.165) is 0 Å². The first-order chi connectivity index (χ1) is 6.04. The highest BCUT2D eigenvalue weighted by atomic mass is 19.3. The van der Waals surface area contributed by atoms with E-state index in [2.05, 4.69) is 0 Å². The molecule has 14 heavy (non-hydrogen) atoms. The lowest BCUT2D eigenvalue weighted by Crippen LogP contribution is -2.64. The van der Waals surface area contributed by atoms with Gasteiger partial charge in [-0.1, -0.05) is 0 Å². The van der Waals surface area contributed by atoms with Gasteiger partial charge in [-0.2, -0.15) is 0 Å². The van der Waals surface area contributed by atoms with E-state index < -0.39 is 35.9 Å². The third-order valence-electron chi connectivity index (χ3n) is 1.95. The molecule has 0 spiro atoms. The average Bonchev–Trinajstić information content (AvgIpc) is 1.77. The number of alkyl halides is 2. The Kier molecular flexibility index (Phi) is 2.34. The van der Waals surface area contributed by atoms with Gasteiger partial charge in [0.2, 0.25) is 0 Å². The molecule has 2 N–H and O–H groups in total. The van der Waals surface area contributed by atoms with Crippen LogP contribution in [0.15, 0.2) is 0 Å². The van der Waals surface area contributed by atoms with Crippen LogP contribution in [0.5, 0.6) is 0 Å². The zero-order chi connectivity index (χ0) is 11.2. The van der Waals surface area contributed by atoms with E-state index in [1.807, 2.05) is 0 Å². The minimum absolute atomic E-state index is 0.616. The predicted octanol–water partition coefficient (Wildman–Crippen LogP) is 1.45. The van der Waals surface area contributed by atoms with Gasteiger partial charge in [-0.25, -0.2) is 8.78 Å². The van der Waals surface area contributed by atoms with Gasteiger partial charge in [-0.05, 0) is 20.8 Å². The number of carbonyl (C=O) groups is 1. The summed E-state index contributed by atoms with van der Waals surface area (Å²) in [5.41, 5.74) is 3.30. The molecule has 0 heterocycles. The third-order valence-corrected chi connectivity index (χ3v) is 1.95. The SMILES string of the molecule is CC(C)(C)OC(=O)C1(N)CC(F)(F)C1. The molecular formula is C9H15F2NO2. The van der Waals surface area contributed by atoms with E-state index in [0.29, 0.717) is 0 Å². The van der Waals surface area contributed by atoms with Crippen LogP contribution in [-0.4, -0.2) is 23.0 Å². The van der Waals surface area contributed by atoms with Crippen LogP contribution in [-0.2, 0) is 9.53 Å². The van der Waals surface area contributed by atoms with Crippen LogP contribution >= 0.6 is 0 Å². The van der Waals surface area contributed by atoms with E-state index in [-0.39, 0.29) is 0 Å². The van der Waals surface area contributed by atoms with E-state index in [9.17, 15) is 13.6 Å². The van der Waals surface area contributed by atoms with Gasteiger partial charge in [0, 0.05) is 12.8 Å². The topological polar surface area (TPSA) is 52.3 Å². The second-order valence-electron chi connectivity index (χ2n) is 4.87. The molecule has 0 radical (unpaired) electrons. The summed E-state index contributed by atoms with van der Waals surface area (Å²) < 4.78 is 30.0. The van der Waals surface area contributed by atoms with Crippen LogP contribution in [0.4, 0.5) is 8.78 Å². The van der Waals surface area contributed by atoms with Crippen molar-refractivity contribution in [3.8, 4) is 0 Å². The fourth-order valence-corrected chi connectivity index (χ4v) is 1.40. The number of hydrogen-bond acceptors (Lipinski definition) is 3. The average molecular weight is 207 g/mol. The second-order valence-corrected chi connectivity index (χ2v) is 4.87. The van der Waals surface area contributed by atoms with Crippen molar-refractivity contribution in [1.82, 2.24) is 0 Å². The van der Waals surface area contributed by atoms with Gasteiger partial charge in [0.05, 0.1) is 0 Å². The maximum Gasteiger partial charge on any atom is 0.327 e. The lowest BCUT2D eigenvalue weighted by molar-refractivity contribution is -0.186. The number of carbonyl (C=O) groups excluding carboxylic acids is 1. The molecule has 5 heteroatoms. The molecule has 82 valence electrons. The largest absolute Gasteiger partial charge is 0.459 e. The van der Waals surface area contributed by atoms with Crippen molar-refractivity contribution in [3.63, 3.8) is 0 Å². The highest BCUT2D eigenvalue weighted by Crippen LogP contribution is 2.44. The molecule has 0 aromatic heterocycles. The summed E-state index contributed by atoms with van der Waals surface area (Å²) >= 11 is 0. The summed E-state index contributed by atoms with van der Waals surface area (Å²) in [4.78, 5) is 11.4. The molecule has 0 aromatic rings. The fraction of sp³-hybridized carbons (Fsp3) is 0.889. The molecule has 1 fully saturated rings. The zero-order valence-electron chi connectivity index (χ0n) is 8.56. The zero-order valence-corrected chi connectivity index (χ0v) is 8.56. The Morgan fingerprint density at radius 2 is 1.79 bits per heavy atom. The van der Waals surface area contributed by atoms with Crippen molar-refractivity contribution < 1.29 is 18.3 Å². The van der Waals surface area contributed by atoms with Gasteiger partial charge in [-0.3, -0.25) is 4.79 Å². The molecule has 1 rings (SSSR count). The molecule has 0 unspecified atom stereocenters. The van der Waals surface area contributed by atoms with Gasteiger partial charge in [-0.15, -0.1) is 0 Å². The Hall–Kier alpha value is -0.710. The quantitative estimate of drug-likeness (QED) is 0.662. The predicted molar refractivity (Wildman–Crippen MR) is 46.9 cm³/mol. The van der Waals surface area contributed by atoms with Crippen molar-refractivity contribution >= 4 is 5.97 Å². The van der Waals surface area contributed by atoms with Crippen molar-refractivity contribution in [1.29, 1.82) is 0 Å². The van der Waals surface area contributed by atoms with Crippen LogP contribution < -0.4 is 5.73 Å². The first-order valence-corrected chi connectivity index (χ1v) is 4.44. The molecule has 0 amide bonds. The molecule has 1 saturated carbocycles. The van der Waals surface area contributed by atoms with Gasteiger partial charge in [0.15, 0.2) is 0 Å². The second kappa shape index (κ2) is 2.89. The molecule has 0 atom stereocenters.